The fourth-order valence-corrected chi connectivity index (χ4v) is 0.967. The highest BCUT2D eigenvalue weighted by atomic mass is 16.5. The molecule has 0 aromatic heterocycles. The maximum atomic E-state index is 5.10. The molecule has 0 aliphatic carbocycles. The zero-order chi connectivity index (χ0) is 6.69. The van der Waals surface area contributed by atoms with Crippen LogP contribution in [0.5, 0.6) is 0 Å². The molecule has 0 bridgehead atoms. The third-order valence-corrected chi connectivity index (χ3v) is 1.59. The van der Waals surface area contributed by atoms with Crippen LogP contribution in [0.3, 0.4) is 0 Å². The minimum atomic E-state index is 0.176. The van der Waals surface area contributed by atoms with E-state index in [9.17, 15) is 0 Å². The van der Waals surface area contributed by atoms with Gasteiger partial charge in [0.05, 0.1) is 12.6 Å². The van der Waals surface area contributed by atoms with Gasteiger partial charge in [-0.15, -0.1) is 0 Å². The van der Waals surface area contributed by atoms with E-state index in [0.717, 1.165) is 6.54 Å². The predicted molar refractivity (Wildman–Crippen MR) is 37.0 cm³/mol. The first kappa shape index (κ1) is 6.71. The summed E-state index contributed by atoms with van der Waals surface area (Å²) in [6.45, 7) is 0.842. The van der Waals surface area contributed by atoms with Crippen molar-refractivity contribution in [2.24, 2.45) is 4.99 Å². The van der Waals surface area contributed by atoms with Crippen LogP contribution in [0, 0.1) is 0 Å². The largest absolute Gasteiger partial charge is 0.374 e. The van der Waals surface area contributed by atoms with Crippen molar-refractivity contribution in [2.75, 3.05) is 20.7 Å². The van der Waals surface area contributed by atoms with Crippen LogP contribution < -0.4 is 5.32 Å². The van der Waals surface area contributed by atoms with Crippen molar-refractivity contribution >= 4 is 6.21 Å². The molecule has 0 aromatic rings. The molecule has 0 spiro atoms. The Morgan fingerprint density at radius 3 is 3.00 bits per heavy atom. The van der Waals surface area contributed by atoms with E-state index in [1.807, 2.05) is 13.3 Å². The molecule has 0 amide bonds. The standard InChI is InChI=1S/C6H12N2O/c1-7-5-3-8-4-6(5)9-2/h4-7H,3H2,1-2H3. The van der Waals surface area contributed by atoms with Crippen LogP contribution in [-0.2, 0) is 4.74 Å². The number of nitrogens with one attached hydrogen (secondary N) is 1. The van der Waals surface area contributed by atoms with Crippen LogP contribution in [-0.4, -0.2) is 39.1 Å². The van der Waals surface area contributed by atoms with Gasteiger partial charge in [0.15, 0.2) is 0 Å². The summed E-state index contributed by atoms with van der Waals surface area (Å²) < 4.78 is 5.10. The summed E-state index contributed by atoms with van der Waals surface area (Å²) in [6.07, 6.45) is 2.02. The number of aliphatic imine (C=N–C) groups is 1. The topological polar surface area (TPSA) is 33.6 Å². The van der Waals surface area contributed by atoms with E-state index < -0.39 is 0 Å². The summed E-state index contributed by atoms with van der Waals surface area (Å²) in [5.41, 5.74) is 0. The minimum absolute atomic E-state index is 0.176. The van der Waals surface area contributed by atoms with Gasteiger partial charge in [0, 0.05) is 13.3 Å². The molecular formula is C6H12N2O. The highest BCUT2D eigenvalue weighted by molar-refractivity contribution is 5.66. The third kappa shape index (κ3) is 1.28. The summed E-state index contributed by atoms with van der Waals surface area (Å²) in [7, 11) is 3.62. The maximum absolute atomic E-state index is 5.10. The Morgan fingerprint density at radius 1 is 1.78 bits per heavy atom. The van der Waals surface area contributed by atoms with E-state index in [0.29, 0.717) is 6.04 Å². The lowest BCUT2D eigenvalue weighted by Gasteiger charge is -2.14. The van der Waals surface area contributed by atoms with Crippen LogP contribution in [0.1, 0.15) is 0 Å². The van der Waals surface area contributed by atoms with Gasteiger partial charge in [-0.05, 0) is 7.05 Å². The van der Waals surface area contributed by atoms with Gasteiger partial charge >= 0.3 is 0 Å². The Balaban J connectivity index is 2.39. The molecule has 1 N–H and O–H groups in total. The second-order valence-electron chi connectivity index (χ2n) is 2.11. The zero-order valence-corrected chi connectivity index (χ0v) is 5.79. The molecule has 1 rings (SSSR count). The van der Waals surface area contributed by atoms with Crippen molar-refractivity contribution < 1.29 is 4.74 Å². The van der Waals surface area contributed by atoms with Gasteiger partial charge in [-0.2, -0.15) is 0 Å². The van der Waals surface area contributed by atoms with Gasteiger partial charge in [0.1, 0.15) is 6.10 Å². The number of methoxy groups -OCH3 is 1. The van der Waals surface area contributed by atoms with Gasteiger partial charge in [0.25, 0.3) is 0 Å². The molecule has 0 aromatic carbocycles. The van der Waals surface area contributed by atoms with E-state index in [-0.39, 0.29) is 6.10 Å². The van der Waals surface area contributed by atoms with Crippen molar-refractivity contribution in [3.8, 4) is 0 Å². The highest BCUT2D eigenvalue weighted by Gasteiger charge is 2.20. The molecule has 9 heavy (non-hydrogen) atoms. The van der Waals surface area contributed by atoms with Gasteiger partial charge in [-0.25, -0.2) is 0 Å². The molecule has 1 aliphatic heterocycles. The number of hydrogen-bond donors (Lipinski definition) is 1. The van der Waals surface area contributed by atoms with Crippen LogP contribution in [0.4, 0.5) is 0 Å². The van der Waals surface area contributed by atoms with Crippen molar-refractivity contribution in [1.29, 1.82) is 0 Å². The smallest absolute Gasteiger partial charge is 0.109 e. The molecule has 2 atom stereocenters. The molecule has 0 fully saturated rings. The molecule has 1 aliphatic rings. The Kier molecular flexibility index (Phi) is 2.19. The van der Waals surface area contributed by atoms with Gasteiger partial charge in [-0.1, -0.05) is 0 Å². The summed E-state index contributed by atoms with van der Waals surface area (Å²) in [4.78, 5) is 4.08. The Hall–Kier alpha value is -0.410. The van der Waals surface area contributed by atoms with Crippen molar-refractivity contribution in [2.45, 2.75) is 12.1 Å². The second-order valence-corrected chi connectivity index (χ2v) is 2.11. The predicted octanol–water partition coefficient (Wildman–Crippen LogP) is -0.326. The van der Waals surface area contributed by atoms with Gasteiger partial charge < -0.3 is 10.1 Å². The highest BCUT2D eigenvalue weighted by Crippen LogP contribution is 2.02. The Morgan fingerprint density at radius 2 is 2.56 bits per heavy atom. The maximum Gasteiger partial charge on any atom is 0.109 e. The molecule has 52 valence electrons. The Bertz CT molecular complexity index is 114. The van der Waals surface area contributed by atoms with Crippen molar-refractivity contribution in [1.82, 2.24) is 5.32 Å². The molecule has 1 heterocycles. The van der Waals surface area contributed by atoms with Crippen LogP contribution in [0.15, 0.2) is 4.99 Å². The first-order valence-electron chi connectivity index (χ1n) is 3.08. The molecule has 3 heteroatoms. The second kappa shape index (κ2) is 2.94. The summed E-state index contributed by atoms with van der Waals surface area (Å²) >= 11 is 0. The fourth-order valence-electron chi connectivity index (χ4n) is 0.967. The van der Waals surface area contributed by atoms with Crippen molar-refractivity contribution in [3.05, 3.63) is 0 Å². The van der Waals surface area contributed by atoms with E-state index in [1.54, 1.807) is 7.11 Å². The molecule has 0 saturated heterocycles. The number of nitrogens with zero attached hydrogens (tertiary/aromatic N) is 1. The first-order valence-corrected chi connectivity index (χ1v) is 3.08. The number of likely N-dealkylation sites (N-methyl/N-ethyl adjacent to an activating group) is 1. The number of rotatable bonds is 2. The van der Waals surface area contributed by atoms with E-state index in [2.05, 4.69) is 10.3 Å². The minimum Gasteiger partial charge on any atom is -0.374 e. The van der Waals surface area contributed by atoms with Crippen LogP contribution >= 0.6 is 0 Å². The summed E-state index contributed by atoms with van der Waals surface area (Å²) in [5.74, 6) is 0. The molecule has 0 radical (unpaired) electrons. The summed E-state index contributed by atoms with van der Waals surface area (Å²) in [6, 6.07) is 0.384. The van der Waals surface area contributed by atoms with Crippen LogP contribution in [0.2, 0.25) is 0 Å². The van der Waals surface area contributed by atoms with E-state index >= 15 is 0 Å². The van der Waals surface area contributed by atoms with E-state index in [4.69, 9.17) is 4.74 Å². The van der Waals surface area contributed by atoms with Crippen LogP contribution in [0.25, 0.3) is 0 Å². The van der Waals surface area contributed by atoms with Crippen molar-refractivity contribution in [3.63, 3.8) is 0 Å². The molecule has 2 unspecified atom stereocenters. The number of ether oxygens (including phenoxy) is 1. The Labute approximate surface area is 55.1 Å². The average molecular weight is 128 g/mol. The lowest BCUT2D eigenvalue weighted by molar-refractivity contribution is 0.136. The lowest BCUT2D eigenvalue weighted by atomic mass is 10.2. The molecule has 0 saturated carbocycles. The average Bonchev–Trinajstić information content (AvgIpc) is 2.33. The van der Waals surface area contributed by atoms with Gasteiger partial charge in [0.2, 0.25) is 0 Å². The first-order chi connectivity index (χ1) is 4.38. The zero-order valence-electron chi connectivity index (χ0n) is 5.79. The third-order valence-electron chi connectivity index (χ3n) is 1.59. The normalized spacial score (nSPS) is 33.6. The fraction of sp³-hybridized carbons (Fsp3) is 0.833. The molecular weight excluding hydrogens is 116 g/mol. The van der Waals surface area contributed by atoms with E-state index in [1.165, 1.54) is 0 Å². The van der Waals surface area contributed by atoms with Gasteiger partial charge in [-0.3, -0.25) is 4.99 Å². The summed E-state index contributed by atoms with van der Waals surface area (Å²) in [5, 5.41) is 3.11. The molecule has 3 nitrogen and oxygen atoms in total. The number of hydrogen-bond acceptors (Lipinski definition) is 3. The monoisotopic (exact) mass is 128 g/mol. The SMILES string of the molecule is CNC1CN=CC1OC. The lowest BCUT2D eigenvalue weighted by Crippen LogP contribution is -2.38. The quantitative estimate of drug-likeness (QED) is 0.552.